The van der Waals surface area contributed by atoms with E-state index in [9.17, 15) is 0 Å². The monoisotopic (exact) mass is 219 g/mol. The molecule has 2 N–H and O–H groups in total. The quantitative estimate of drug-likeness (QED) is 0.801. The maximum absolute atomic E-state index is 5.82. The minimum absolute atomic E-state index is 0.672. The number of nitrogens with two attached hydrogens (primary N) is 1. The van der Waals surface area contributed by atoms with Crippen molar-refractivity contribution in [1.82, 2.24) is 9.88 Å². The second kappa shape index (κ2) is 4.53. The summed E-state index contributed by atoms with van der Waals surface area (Å²) in [6, 6.07) is 5.61. The zero-order valence-electron chi connectivity index (χ0n) is 9.73. The van der Waals surface area contributed by atoms with Gasteiger partial charge in [-0.1, -0.05) is 13.0 Å². The van der Waals surface area contributed by atoms with Gasteiger partial charge in [-0.05, 0) is 32.1 Å². The van der Waals surface area contributed by atoms with Crippen LogP contribution in [0.2, 0.25) is 0 Å². The van der Waals surface area contributed by atoms with Crippen molar-refractivity contribution in [3.63, 3.8) is 0 Å². The average Bonchev–Trinajstić information content (AvgIpc) is 2.62. The van der Waals surface area contributed by atoms with Gasteiger partial charge >= 0.3 is 0 Å². The molecule has 0 radical (unpaired) electrons. The Kier molecular flexibility index (Phi) is 3.10. The Hall–Kier alpha value is -1.55. The fourth-order valence-electron chi connectivity index (χ4n) is 1.78. The largest absolute Gasteiger partial charge is 0.439 e. The van der Waals surface area contributed by atoms with E-state index in [0.29, 0.717) is 5.69 Å². The minimum atomic E-state index is 0.672. The highest BCUT2D eigenvalue weighted by molar-refractivity contribution is 5.85. The Labute approximate surface area is 95.1 Å². The fraction of sp³-hybridized carbons (Fsp3) is 0.417. The highest BCUT2D eigenvalue weighted by Gasteiger charge is 2.09. The van der Waals surface area contributed by atoms with E-state index < -0.39 is 0 Å². The summed E-state index contributed by atoms with van der Waals surface area (Å²) in [5.74, 6) is 0.726. The van der Waals surface area contributed by atoms with E-state index in [1.165, 1.54) is 0 Å². The summed E-state index contributed by atoms with van der Waals surface area (Å²) >= 11 is 0. The molecule has 0 aliphatic rings. The van der Waals surface area contributed by atoms with Crippen molar-refractivity contribution in [3.8, 4) is 0 Å². The number of nitrogen functional groups attached to an aromatic ring is 1. The van der Waals surface area contributed by atoms with Crippen LogP contribution < -0.4 is 5.73 Å². The predicted octanol–water partition coefficient (Wildman–Crippen LogP) is 2.25. The van der Waals surface area contributed by atoms with Crippen molar-refractivity contribution in [2.75, 3.05) is 19.3 Å². The van der Waals surface area contributed by atoms with Crippen LogP contribution in [0.5, 0.6) is 0 Å². The van der Waals surface area contributed by atoms with Crippen molar-refractivity contribution in [2.45, 2.75) is 19.9 Å². The number of aromatic nitrogens is 1. The third kappa shape index (κ3) is 2.17. The molecule has 1 aromatic carbocycles. The molecule has 0 saturated heterocycles. The maximum Gasteiger partial charge on any atom is 0.209 e. The molecule has 1 heterocycles. The Morgan fingerprint density at radius 3 is 2.94 bits per heavy atom. The second-order valence-corrected chi connectivity index (χ2v) is 4.04. The summed E-state index contributed by atoms with van der Waals surface area (Å²) in [6.45, 7) is 3.91. The van der Waals surface area contributed by atoms with Crippen LogP contribution in [0.15, 0.2) is 22.6 Å². The number of hydrogen-bond donors (Lipinski definition) is 1. The van der Waals surface area contributed by atoms with Crippen LogP contribution in [0, 0.1) is 0 Å². The van der Waals surface area contributed by atoms with Gasteiger partial charge in [-0.3, -0.25) is 4.90 Å². The van der Waals surface area contributed by atoms with Gasteiger partial charge in [-0.15, -0.1) is 0 Å². The van der Waals surface area contributed by atoms with Crippen LogP contribution in [0.25, 0.3) is 11.1 Å². The van der Waals surface area contributed by atoms with E-state index in [1.54, 1.807) is 0 Å². The number of para-hydroxylation sites is 1. The standard InChI is InChI=1S/C12H17N3O/c1-3-7-15(2)8-11-14-12-9(13)5-4-6-10(12)16-11/h4-6H,3,7-8,13H2,1-2H3. The number of fused-ring (bicyclic) bond motifs is 1. The van der Waals surface area contributed by atoms with Crippen LogP contribution in [0.1, 0.15) is 19.2 Å². The lowest BCUT2D eigenvalue weighted by atomic mass is 10.3. The van der Waals surface area contributed by atoms with Crippen LogP contribution >= 0.6 is 0 Å². The van der Waals surface area contributed by atoms with Gasteiger partial charge in [0.2, 0.25) is 5.89 Å². The van der Waals surface area contributed by atoms with Gasteiger partial charge in [0.1, 0.15) is 5.52 Å². The molecular weight excluding hydrogens is 202 g/mol. The Morgan fingerprint density at radius 1 is 1.44 bits per heavy atom. The lowest BCUT2D eigenvalue weighted by Crippen LogP contribution is -2.18. The van der Waals surface area contributed by atoms with Gasteiger partial charge in [-0.25, -0.2) is 4.98 Å². The molecule has 4 heteroatoms. The molecule has 0 bridgehead atoms. The number of oxazole rings is 1. The van der Waals surface area contributed by atoms with Gasteiger partial charge in [0.15, 0.2) is 5.58 Å². The zero-order valence-corrected chi connectivity index (χ0v) is 9.73. The fourth-order valence-corrected chi connectivity index (χ4v) is 1.78. The Morgan fingerprint density at radius 2 is 2.25 bits per heavy atom. The predicted molar refractivity (Wildman–Crippen MR) is 65.0 cm³/mol. The van der Waals surface area contributed by atoms with Gasteiger partial charge in [0, 0.05) is 0 Å². The van der Waals surface area contributed by atoms with E-state index in [-0.39, 0.29) is 0 Å². The van der Waals surface area contributed by atoms with Gasteiger partial charge in [0.25, 0.3) is 0 Å². The molecule has 0 unspecified atom stereocenters. The first-order valence-corrected chi connectivity index (χ1v) is 5.53. The molecule has 0 atom stereocenters. The molecule has 2 rings (SSSR count). The van der Waals surface area contributed by atoms with Crippen molar-refractivity contribution in [1.29, 1.82) is 0 Å². The molecule has 0 spiro atoms. The molecule has 0 aliphatic carbocycles. The highest BCUT2D eigenvalue weighted by Crippen LogP contribution is 2.21. The minimum Gasteiger partial charge on any atom is -0.439 e. The van der Waals surface area contributed by atoms with E-state index in [0.717, 1.165) is 36.5 Å². The summed E-state index contributed by atoms with van der Waals surface area (Å²) in [7, 11) is 2.06. The first-order valence-electron chi connectivity index (χ1n) is 5.53. The number of rotatable bonds is 4. The second-order valence-electron chi connectivity index (χ2n) is 4.04. The average molecular weight is 219 g/mol. The topological polar surface area (TPSA) is 55.3 Å². The first kappa shape index (κ1) is 11.0. The molecule has 0 aliphatic heterocycles. The highest BCUT2D eigenvalue weighted by atomic mass is 16.3. The normalized spacial score (nSPS) is 11.4. The van der Waals surface area contributed by atoms with E-state index in [1.807, 2.05) is 18.2 Å². The van der Waals surface area contributed by atoms with Crippen LogP contribution in [0.4, 0.5) is 5.69 Å². The smallest absolute Gasteiger partial charge is 0.209 e. The number of nitrogens with zero attached hydrogens (tertiary/aromatic N) is 2. The summed E-state index contributed by atoms with van der Waals surface area (Å²) in [4.78, 5) is 6.58. The molecular formula is C12H17N3O. The SMILES string of the molecule is CCCN(C)Cc1nc2c(N)cccc2o1. The Balaban J connectivity index is 2.23. The maximum atomic E-state index is 5.82. The van der Waals surface area contributed by atoms with Crippen molar-refractivity contribution < 1.29 is 4.42 Å². The summed E-state index contributed by atoms with van der Waals surface area (Å²) in [5.41, 5.74) is 8.02. The van der Waals surface area contributed by atoms with Crippen LogP contribution in [-0.4, -0.2) is 23.5 Å². The van der Waals surface area contributed by atoms with E-state index >= 15 is 0 Å². The summed E-state index contributed by atoms with van der Waals surface area (Å²) < 4.78 is 5.63. The number of anilines is 1. The van der Waals surface area contributed by atoms with Gasteiger partial charge in [-0.2, -0.15) is 0 Å². The molecule has 0 saturated carbocycles. The zero-order chi connectivity index (χ0) is 11.5. The molecule has 4 nitrogen and oxygen atoms in total. The molecule has 16 heavy (non-hydrogen) atoms. The molecule has 86 valence electrons. The van der Waals surface area contributed by atoms with Crippen molar-refractivity contribution in [3.05, 3.63) is 24.1 Å². The Bertz CT molecular complexity index is 478. The molecule has 0 amide bonds. The van der Waals surface area contributed by atoms with Crippen molar-refractivity contribution >= 4 is 16.8 Å². The summed E-state index contributed by atoms with van der Waals surface area (Å²) in [5, 5.41) is 0. The third-order valence-corrected chi connectivity index (χ3v) is 2.50. The van der Waals surface area contributed by atoms with Crippen molar-refractivity contribution in [2.24, 2.45) is 0 Å². The van der Waals surface area contributed by atoms with Crippen LogP contribution in [0.3, 0.4) is 0 Å². The summed E-state index contributed by atoms with van der Waals surface area (Å²) in [6.07, 6.45) is 1.12. The van der Waals surface area contributed by atoms with Crippen LogP contribution in [-0.2, 0) is 6.54 Å². The van der Waals surface area contributed by atoms with E-state index in [4.69, 9.17) is 10.2 Å². The third-order valence-electron chi connectivity index (χ3n) is 2.50. The molecule has 1 aromatic heterocycles. The molecule has 2 aromatic rings. The number of benzene rings is 1. The first-order chi connectivity index (χ1) is 7.70. The lowest BCUT2D eigenvalue weighted by molar-refractivity contribution is 0.293. The van der Waals surface area contributed by atoms with Gasteiger partial charge in [0.05, 0.1) is 12.2 Å². The molecule has 0 fully saturated rings. The number of hydrogen-bond acceptors (Lipinski definition) is 4. The lowest BCUT2D eigenvalue weighted by Gasteiger charge is -2.11. The van der Waals surface area contributed by atoms with Gasteiger partial charge < -0.3 is 10.2 Å². The van der Waals surface area contributed by atoms with E-state index in [2.05, 4.69) is 23.9 Å².